The standard InChI is InChI=1S/C22H23NO6/c1-5-28-19(24)13-29-22-16(14-6-8-15(25-2)9-7-14)12-23-21-18(27-4)11-10-17(26-3)20(21)22/h6-12H,5,13H2,1-4H3. The van der Waals surface area contributed by atoms with Crippen LogP contribution in [-0.4, -0.2) is 45.5 Å². The highest BCUT2D eigenvalue weighted by Gasteiger charge is 2.20. The lowest BCUT2D eigenvalue weighted by Crippen LogP contribution is -2.15. The van der Waals surface area contributed by atoms with E-state index in [-0.39, 0.29) is 13.2 Å². The van der Waals surface area contributed by atoms with Crippen LogP contribution in [0.5, 0.6) is 23.0 Å². The summed E-state index contributed by atoms with van der Waals surface area (Å²) in [5.41, 5.74) is 2.13. The number of carbonyl (C=O) groups is 1. The second kappa shape index (κ2) is 9.14. The molecule has 7 nitrogen and oxygen atoms in total. The van der Waals surface area contributed by atoms with Crippen molar-refractivity contribution in [3.63, 3.8) is 0 Å². The average Bonchev–Trinajstić information content (AvgIpc) is 2.76. The number of hydrogen-bond donors (Lipinski definition) is 0. The van der Waals surface area contributed by atoms with Crippen molar-refractivity contribution < 1.29 is 28.5 Å². The Morgan fingerprint density at radius 3 is 2.24 bits per heavy atom. The molecule has 0 spiro atoms. The van der Waals surface area contributed by atoms with Crippen LogP contribution in [0.3, 0.4) is 0 Å². The zero-order chi connectivity index (χ0) is 20.8. The lowest BCUT2D eigenvalue weighted by molar-refractivity contribution is -0.145. The molecule has 152 valence electrons. The molecule has 0 amide bonds. The molecule has 0 aliphatic rings. The number of pyridine rings is 1. The molecular formula is C22H23NO6. The first-order valence-electron chi connectivity index (χ1n) is 9.09. The van der Waals surface area contributed by atoms with E-state index in [1.165, 1.54) is 0 Å². The fourth-order valence-electron chi connectivity index (χ4n) is 3.02. The van der Waals surface area contributed by atoms with E-state index in [4.69, 9.17) is 23.7 Å². The number of ether oxygens (including phenoxy) is 5. The lowest BCUT2D eigenvalue weighted by atomic mass is 10.0. The summed E-state index contributed by atoms with van der Waals surface area (Å²) in [7, 11) is 4.74. The Balaban J connectivity index is 2.20. The van der Waals surface area contributed by atoms with E-state index in [0.29, 0.717) is 33.7 Å². The fourth-order valence-corrected chi connectivity index (χ4v) is 3.02. The molecule has 7 heteroatoms. The number of aromatic nitrogens is 1. The maximum atomic E-state index is 11.9. The minimum absolute atomic E-state index is 0.240. The van der Waals surface area contributed by atoms with E-state index in [2.05, 4.69) is 4.98 Å². The number of methoxy groups -OCH3 is 3. The van der Waals surface area contributed by atoms with Gasteiger partial charge in [0.15, 0.2) is 6.61 Å². The van der Waals surface area contributed by atoms with Crippen LogP contribution in [0.4, 0.5) is 0 Å². The van der Waals surface area contributed by atoms with Crippen molar-refractivity contribution in [2.45, 2.75) is 6.92 Å². The predicted octanol–water partition coefficient (Wildman–Crippen LogP) is 3.87. The first-order chi connectivity index (χ1) is 14.1. The number of carbonyl (C=O) groups excluding carboxylic acids is 1. The number of fused-ring (bicyclic) bond motifs is 1. The molecule has 0 radical (unpaired) electrons. The SMILES string of the molecule is CCOC(=O)COc1c(-c2ccc(OC)cc2)cnc2c(OC)ccc(OC)c12. The fraction of sp³-hybridized carbons (Fsp3) is 0.273. The Morgan fingerprint density at radius 2 is 1.62 bits per heavy atom. The first kappa shape index (κ1) is 20.3. The molecule has 0 saturated carbocycles. The molecule has 3 rings (SSSR count). The van der Waals surface area contributed by atoms with Crippen molar-refractivity contribution in [2.75, 3.05) is 34.5 Å². The van der Waals surface area contributed by atoms with Crippen molar-refractivity contribution in [1.29, 1.82) is 0 Å². The number of esters is 1. The molecule has 0 saturated heterocycles. The van der Waals surface area contributed by atoms with Crippen LogP contribution in [0.2, 0.25) is 0 Å². The Morgan fingerprint density at radius 1 is 0.931 bits per heavy atom. The van der Waals surface area contributed by atoms with E-state index in [0.717, 1.165) is 11.3 Å². The summed E-state index contributed by atoms with van der Waals surface area (Å²) in [5, 5.41) is 0.615. The number of rotatable bonds is 8. The second-order valence-corrected chi connectivity index (χ2v) is 6.02. The van der Waals surface area contributed by atoms with Crippen LogP contribution in [0.15, 0.2) is 42.6 Å². The second-order valence-electron chi connectivity index (χ2n) is 6.02. The Hall–Kier alpha value is -3.48. The topological polar surface area (TPSA) is 76.1 Å². The Kier molecular flexibility index (Phi) is 6.39. The van der Waals surface area contributed by atoms with Crippen molar-refractivity contribution in [3.05, 3.63) is 42.6 Å². The molecule has 0 atom stereocenters. The van der Waals surface area contributed by atoms with Gasteiger partial charge in [0.25, 0.3) is 0 Å². The van der Waals surface area contributed by atoms with Gasteiger partial charge in [-0.2, -0.15) is 0 Å². The quantitative estimate of drug-likeness (QED) is 0.534. The highest BCUT2D eigenvalue weighted by Crippen LogP contribution is 2.43. The van der Waals surface area contributed by atoms with Crippen LogP contribution in [0.25, 0.3) is 22.0 Å². The largest absolute Gasteiger partial charge is 0.497 e. The molecule has 1 aromatic heterocycles. The van der Waals surface area contributed by atoms with Crippen molar-refractivity contribution in [2.24, 2.45) is 0 Å². The summed E-state index contributed by atoms with van der Waals surface area (Å²) in [5.74, 6) is 1.87. The van der Waals surface area contributed by atoms with Crippen molar-refractivity contribution >= 4 is 16.9 Å². The molecule has 0 aliphatic heterocycles. The summed E-state index contributed by atoms with van der Waals surface area (Å²) in [4.78, 5) is 16.5. The monoisotopic (exact) mass is 397 g/mol. The maximum absolute atomic E-state index is 11.9. The van der Waals surface area contributed by atoms with Gasteiger partial charge in [-0.05, 0) is 36.8 Å². The van der Waals surface area contributed by atoms with Crippen LogP contribution >= 0.6 is 0 Å². The summed E-state index contributed by atoms with van der Waals surface area (Å²) in [6.07, 6.45) is 1.69. The third kappa shape index (κ3) is 4.18. The van der Waals surface area contributed by atoms with Gasteiger partial charge in [0.2, 0.25) is 0 Å². The van der Waals surface area contributed by atoms with Gasteiger partial charge >= 0.3 is 5.97 Å². The molecule has 0 bridgehead atoms. The van der Waals surface area contributed by atoms with E-state index in [9.17, 15) is 4.79 Å². The minimum Gasteiger partial charge on any atom is -0.497 e. The van der Waals surface area contributed by atoms with E-state index >= 15 is 0 Å². The van der Waals surface area contributed by atoms with E-state index in [1.54, 1.807) is 46.6 Å². The van der Waals surface area contributed by atoms with E-state index < -0.39 is 5.97 Å². The van der Waals surface area contributed by atoms with Gasteiger partial charge in [-0.1, -0.05) is 12.1 Å². The highest BCUT2D eigenvalue weighted by molar-refractivity contribution is 5.99. The maximum Gasteiger partial charge on any atom is 0.344 e. The molecule has 0 N–H and O–H groups in total. The lowest BCUT2D eigenvalue weighted by Gasteiger charge is -2.17. The van der Waals surface area contributed by atoms with Crippen LogP contribution in [0.1, 0.15) is 6.92 Å². The van der Waals surface area contributed by atoms with E-state index in [1.807, 2.05) is 24.3 Å². The predicted molar refractivity (Wildman–Crippen MR) is 109 cm³/mol. The average molecular weight is 397 g/mol. The van der Waals surface area contributed by atoms with Gasteiger partial charge in [-0.15, -0.1) is 0 Å². The zero-order valence-corrected chi connectivity index (χ0v) is 16.9. The molecule has 0 fully saturated rings. The van der Waals surface area contributed by atoms with Gasteiger partial charge in [-0.25, -0.2) is 4.79 Å². The summed E-state index contributed by atoms with van der Waals surface area (Å²) in [6.45, 7) is 1.79. The van der Waals surface area contributed by atoms with Crippen molar-refractivity contribution in [3.8, 4) is 34.1 Å². The summed E-state index contributed by atoms with van der Waals surface area (Å²) < 4.78 is 27.1. The van der Waals surface area contributed by atoms with Gasteiger partial charge in [0, 0.05) is 11.8 Å². The molecular weight excluding hydrogens is 374 g/mol. The van der Waals surface area contributed by atoms with Gasteiger partial charge in [-0.3, -0.25) is 4.98 Å². The van der Waals surface area contributed by atoms with Crippen molar-refractivity contribution in [1.82, 2.24) is 4.98 Å². The van der Waals surface area contributed by atoms with Gasteiger partial charge in [0.05, 0.1) is 33.3 Å². The van der Waals surface area contributed by atoms with Crippen LogP contribution < -0.4 is 18.9 Å². The third-order valence-electron chi connectivity index (χ3n) is 4.38. The molecule has 0 unspecified atom stereocenters. The molecule has 3 aromatic rings. The van der Waals surface area contributed by atoms with Crippen LogP contribution in [0, 0.1) is 0 Å². The normalized spacial score (nSPS) is 10.5. The number of benzene rings is 2. The zero-order valence-electron chi connectivity index (χ0n) is 16.9. The summed E-state index contributed by atoms with van der Waals surface area (Å²) in [6, 6.07) is 11.0. The molecule has 29 heavy (non-hydrogen) atoms. The Bertz CT molecular complexity index is 1000. The molecule has 2 aromatic carbocycles. The first-order valence-corrected chi connectivity index (χ1v) is 9.09. The van der Waals surface area contributed by atoms with Gasteiger partial charge in [0.1, 0.15) is 28.5 Å². The third-order valence-corrected chi connectivity index (χ3v) is 4.38. The van der Waals surface area contributed by atoms with Gasteiger partial charge < -0.3 is 23.7 Å². The Labute approximate surface area is 169 Å². The highest BCUT2D eigenvalue weighted by atomic mass is 16.6. The molecule has 1 heterocycles. The smallest absolute Gasteiger partial charge is 0.344 e. The molecule has 0 aliphatic carbocycles. The number of nitrogens with zero attached hydrogens (tertiary/aromatic N) is 1. The summed E-state index contributed by atoms with van der Waals surface area (Å²) >= 11 is 0. The van der Waals surface area contributed by atoms with Crippen LogP contribution in [-0.2, 0) is 9.53 Å². The number of hydrogen-bond acceptors (Lipinski definition) is 7. The minimum atomic E-state index is -0.458.